The first kappa shape index (κ1) is 19.6. The van der Waals surface area contributed by atoms with Gasteiger partial charge >= 0.3 is 11.6 Å². The van der Waals surface area contributed by atoms with Crippen molar-refractivity contribution in [3.05, 3.63) is 81.1 Å². The Morgan fingerprint density at radius 2 is 1.87 bits per heavy atom. The van der Waals surface area contributed by atoms with E-state index in [0.29, 0.717) is 34.4 Å². The Kier molecular flexibility index (Phi) is 5.08. The van der Waals surface area contributed by atoms with Crippen LogP contribution >= 0.6 is 11.6 Å². The van der Waals surface area contributed by atoms with Gasteiger partial charge in [0.05, 0.1) is 12.6 Å². The number of hydrogen-bond acceptors (Lipinski definition) is 6. The molecule has 0 bridgehead atoms. The smallest absolute Gasteiger partial charge is 0.339 e. The number of fused-ring (bicyclic) bond motifs is 3. The molecule has 2 aromatic heterocycles. The minimum atomic E-state index is -0.422. The summed E-state index contributed by atoms with van der Waals surface area (Å²) in [6, 6.07) is 12.4. The maximum absolute atomic E-state index is 12.3. The largest absolute Gasteiger partial charge is 0.441 e. The third kappa shape index (κ3) is 3.99. The van der Waals surface area contributed by atoms with E-state index in [1.807, 2.05) is 18.2 Å². The lowest BCUT2D eigenvalue weighted by atomic mass is 10.1. The van der Waals surface area contributed by atoms with Crippen LogP contribution in [0.25, 0.3) is 22.3 Å². The molecule has 1 aliphatic rings. The first-order valence-electron chi connectivity index (χ1n) is 10.1. The van der Waals surface area contributed by atoms with Gasteiger partial charge in [0, 0.05) is 34.0 Å². The first-order chi connectivity index (χ1) is 15.1. The van der Waals surface area contributed by atoms with E-state index in [9.17, 15) is 9.59 Å². The molecule has 0 unspecified atom stereocenters. The second-order valence-electron chi connectivity index (χ2n) is 7.46. The SMILES string of the molecule is O=C(CCc1ncc(-c2ccc(Cl)cc2)o1)Oc1ccc2c3c(c(=O)oc2c1)CCC3. The van der Waals surface area contributed by atoms with E-state index in [1.165, 1.54) is 0 Å². The number of halogens is 1. The van der Waals surface area contributed by atoms with E-state index in [4.69, 9.17) is 25.2 Å². The van der Waals surface area contributed by atoms with Crippen LogP contribution in [0, 0.1) is 0 Å². The monoisotopic (exact) mass is 435 g/mol. The predicted molar refractivity (Wildman–Crippen MR) is 115 cm³/mol. The molecule has 0 spiro atoms. The highest BCUT2D eigenvalue weighted by atomic mass is 35.5. The van der Waals surface area contributed by atoms with Crippen molar-refractivity contribution in [2.24, 2.45) is 0 Å². The van der Waals surface area contributed by atoms with Crippen molar-refractivity contribution in [2.45, 2.75) is 32.1 Å². The number of nitrogens with zero attached hydrogens (tertiary/aromatic N) is 1. The van der Waals surface area contributed by atoms with Crippen LogP contribution in [0.15, 0.2) is 62.3 Å². The Morgan fingerprint density at radius 3 is 2.71 bits per heavy atom. The molecule has 7 heteroatoms. The maximum Gasteiger partial charge on any atom is 0.339 e. The molecule has 0 saturated carbocycles. The Balaban J connectivity index is 1.25. The average molecular weight is 436 g/mol. The van der Waals surface area contributed by atoms with Gasteiger partial charge in [-0.25, -0.2) is 9.78 Å². The summed E-state index contributed by atoms with van der Waals surface area (Å²) in [5.41, 5.74) is 2.81. The second kappa shape index (κ2) is 8.04. The molecule has 31 heavy (non-hydrogen) atoms. The number of esters is 1. The number of carbonyl (C=O) groups is 1. The van der Waals surface area contributed by atoms with Crippen LogP contribution in [-0.2, 0) is 24.1 Å². The molecule has 4 aromatic rings. The van der Waals surface area contributed by atoms with Gasteiger partial charge in [0.15, 0.2) is 11.7 Å². The van der Waals surface area contributed by atoms with Gasteiger partial charge in [-0.1, -0.05) is 11.6 Å². The summed E-state index contributed by atoms with van der Waals surface area (Å²) in [5.74, 6) is 0.973. The number of carbonyl (C=O) groups excluding carboxylic acids is 1. The van der Waals surface area contributed by atoms with E-state index in [1.54, 1.807) is 30.5 Å². The quantitative estimate of drug-likeness (QED) is 0.245. The van der Waals surface area contributed by atoms with Gasteiger partial charge in [0.1, 0.15) is 11.3 Å². The standard InChI is InChI=1S/C24H18ClNO5/c25-15-6-4-14(5-7-15)21-13-26-22(30-21)10-11-23(27)29-16-8-9-18-17-2-1-3-19(17)24(28)31-20(18)12-16/h4-9,12-13H,1-3,10-11H2. The number of rotatable bonds is 5. The maximum atomic E-state index is 12.3. The highest BCUT2D eigenvalue weighted by Gasteiger charge is 2.20. The Bertz CT molecular complexity index is 1340. The van der Waals surface area contributed by atoms with E-state index in [-0.39, 0.29) is 12.0 Å². The third-order valence-electron chi connectivity index (χ3n) is 5.40. The van der Waals surface area contributed by atoms with Crippen molar-refractivity contribution < 1.29 is 18.4 Å². The molecule has 0 radical (unpaired) electrons. The Hall–Kier alpha value is -3.38. The number of oxazole rings is 1. The molecule has 0 aliphatic heterocycles. The molecular weight excluding hydrogens is 418 g/mol. The lowest BCUT2D eigenvalue weighted by Crippen LogP contribution is -2.10. The molecule has 0 amide bonds. The third-order valence-corrected chi connectivity index (χ3v) is 5.65. The van der Waals surface area contributed by atoms with Crippen LogP contribution in [0.1, 0.15) is 29.9 Å². The predicted octanol–water partition coefficient (Wildman–Crippen LogP) is 5.13. The summed E-state index contributed by atoms with van der Waals surface area (Å²) in [6.45, 7) is 0. The number of aromatic nitrogens is 1. The summed E-state index contributed by atoms with van der Waals surface area (Å²) in [5, 5.41) is 1.55. The van der Waals surface area contributed by atoms with Crippen LogP contribution in [0.2, 0.25) is 5.02 Å². The first-order valence-corrected chi connectivity index (χ1v) is 10.4. The Labute approximate surface area is 182 Å². The van der Waals surface area contributed by atoms with Crippen LogP contribution in [0.4, 0.5) is 0 Å². The fourth-order valence-electron chi connectivity index (χ4n) is 3.89. The van der Waals surface area contributed by atoms with Crippen molar-refractivity contribution in [1.82, 2.24) is 4.98 Å². The lowest BCUT2D eigenvalue weighted by molar-refractivity contribution is -0.134. The van der Waals surface area contributed by atoms with Crippen molar-refractivity contribution in [3.63, 3.8) is 0 Å². The van der Waals surface area contributed by atoms with Gasteiger partial charge in [-0.3, -0.25) is 4.79 Å². The van der Waals surface area contributed by atoms with Crippen LogP contribution in [-0.4, -0.2) is 11.0 Å². The summed E-state index contributed by atoms with van der Waals surface area (Å²) in [6.07, 6.45) is 4.61. The molecule has 0 saturated heterocycles. The zero-order valence-corrected chi connectivity index (χ0v) is 17.3. The van der Waals surface area contributed by atoms with Crippen molar-refractivity contribution >= 4 is 28.5 Å². The number of ether oxygens (including phenoxy) is 1. The van der Waals surface area contributed by atoms with Gasteiger partial charge in [-0.05, 0) is 61.2 Å². The van der Waals surface area contributed by atoms with Gasteiger partial charge in [0.2, 0.25) is 0 Å². The van der Waals surface area contributed by atoms with Gasteiger partial charge in [0.25, 0.3) is 0 Å². The molecule has 0 atom stereocenters. The molecule has 0 fully saturated rings. The van der Waals surface area contributed by atoms with Crippen LogP contribution in [0.5, 0.6) is 5.75 Å². The van der Waals surface area contributed by atoms with E-state index in [0.717, 1.165) is 41.3 Å². The molecule has 6 nitrogen and oxygen atoms in total. The highest BCUT2D eigenvalue weighted by Crippen LogP contribution is 2.30. The van der Waals surface area contributed by atoms with E-state index < -0.39 is 5.97 Å². The van der Waals surface area contributed by atoms with E-state index >= 15 is 0 Å². The van der Waals surface area contributed by atoms with Gasteiger partial charge in [-0.15, -0.1) is 0 Å². The van der Waals surface area contributed by atoms with E-state index in [2.05, 4.69) is 4.98 Å². The van der Waals surface area contributed by atoms with Crippen molar-refractivity contribution in [3.8, 4) is 17.1 Å². The van der Waals surface area contributed by atoms with Crippen LogP contribution in [0.3, 0.4) is 0 Å². The van der Waals surface area contributed by atoms with Crippen molar-refractivity contribution in [2.75, 3.05) is 0 Å². The summed E-state index contributed by atoms with van der Waals surface area (Å²) < 4.78 is 16.6. The fourth-order valence-corrected chi connectivity index (χ4v) is 4.02. The topological polar surface area (TPSA) is 82.5 Å². The minimum absolute atomic E-state index is 0.104. The average Bonchev–Trinajstić information content (AvgIpc) is 3.43. The molecule has 2 aromatic carbocycles. The summed E-state index contributed by atoms with van der Waals surface area (Å²) in [7, 11) is 0. The molecule has 5 rings (SSSR count). The summed E-state index contributed by atoms with van der Waals surface area (Å²) in [4.78, 5) is 28.7. The Morgan fingerprint density at radius 1 is 1.06 bits per heavy atom. The zero-order valence-electron chi connectivity index (χ0n) is 16.5. The second-order valence-corrected chi connectivity index (χ2v) is 7.89. The van der Waals surface area contributed by atoms with Crippen LogP contribution < -0.4 is 10.4 Å². The number of aryl methyl sites for hydroxylation is 2. The van der Waals surface area contributed by atoms with Gasteiger partial charge in [-0.2, -0.15) is 0 Å². The zero-order chi connectivity index (χ0) is 21.4. The summed E-state index contributed by atoms with van der Waals surface area (Å²) >= 11 is 5.90. The van der Waals surface area contributed by atoms with Gasteiger partial charge < -0.3 is 13.6 Å². The molecule has 156 valence electrons. The lowest BCUT2D eigenvalue weighted by Gasteiger charge is -2.07. The molecular formula is C24H18ClNO5. The molecule has 1 aliphatic carbocycles. The normalized spacial score (nSPS) is 12.8. The van der Waals surface area contributed by atoms with Crippen molar-refractivity contribution in [1.29, 1.82) is 0 Å². The number of hydrogen-bond donors (Lipinski definition) is 0. The molecule has 0 N–H and O–H groups in total. The fraction of sp³-hybridized carbons (Fsp3) is 0.208. The highest BCUT2D eigenvalue weighted by molar-refractivity contribution is 6.30. The minimum Gasteiger partial charge on any atom is -0.441 e. The number of benzene rings is 2. The molecule has 2 heterocycles.